The van der Waals surface area contributed by atoms with Crippen LogP contribution in [0.4, 0.5) is 0 Å². The zero-order chi connectivity index (χ0) is 22.2. The van der Waals surface area contributed by atoms with Crippen LogP contribution in [0.15, 0.2) is 29.3 Å². The molecule has 3 fully saturated rings. The van der Waals surface area contributed by atoms with Crippen molar-refractivity contribution in [1.29, 1.82) is 0 Å². The van der Waals surface area contributed by atoms with Gasteiger partial charge in [0.1, 0.15) is 11.9 Å². The average Bonchev–Trinajstić information content (AvgIpc) is 3.38. The standard InChI is InChI=1S/C25H40N4O3/c1-3-26-25(29-14-16-32-24(19-29)23-5-4-15-31-23)27-17-20-10-12-28(13-11-20)18-21-6-8-22(30-2)9-7-21/h6-9,20,23-24H,3-5,10-19H2,1-2H3,(H,26,27). The van der Waals surface area contributed by atoms with Gasteiger partial charge in [-0.15, -0.1) is 0 Å². The fourth-order valence-corrected chi connectivity index (χ4v) is 4.95. The topological polar surface area (TPSA) is 58.6 Å². The fraction of sp³-hybridized carbons (Fsp3) is 0.720. The quantitative estimate of drug-likeness (QED) is 0.516. The van der Waals surface area contributed by atoms with Crippen LogP contribution in [0.3, 0.4) is 0 Å². The molecule has 1 aromatic rings. The van der Waals surface area contributed by atoms with Crippen molar-refractivity contribution in [3.63, 3.8) is 0 Å². The van der Waals surface area contributed by atoms with E-state index in [1.165, 1.54) is 18.4 Å². The van der Waals surface area contributed by atoms with Crippen LogP contribution in [0.5, 0.6) is 5.75 Å². The van der Waals surface area contributed by atoms with E-state index in [1.54, 1.807) is 7.11 Å². The van der Waals surface area contributed by atoms with Gasteiger partial charge in [-0.2, -0.15) is 0 Å². The molecular weight excluding hydrogens is 404 g/mol. The molecule has 4 rings (SSSR count). The van der Waals surface area contributed by atoms with Crippen LogP contribution in [-0.2, 0) is 16.0 Å². The highest BCUT2D eigenvalue weighted by molar-refractivity contribution is 5.80. The van der Waals surface area contributed by atoms with Gasteiger partial charge in [0.15, 0.2) is 5.96 Å². The maximum absolute atomic E-state index is 6.03. The van der Waals surface area contributed by atoms with E-state index in [2.05, 4.69) is 34.2 Å². The third-order valence-electron chi connectivity index (χ3n) is 6.88. The van der Waals surface area contributed by atoms with Crippen molar-refractivity contribution in [1.82, 2.24) is 15.1 Å². The molecule has 7 heteroatoms. The normalized spacial score (nSPS) is 25.8. The molecule has 0 aliphatic carbocycles. The lowest BCUT2D eigenvalue weighted by atomic mass is 9.96. The molecule has 7 nitrogen and oxygen atoms in total. The highest BCUT2D eigenvalue weighted by atomic mass is 16.5. The second-order valence-corrected chi connectivity index (χ2v) is 9.17. The molecule has 0 bridgehead atoms. The summed E-state index contributed by atoms with van der Waals surface area (Å²) < 4.78 is 17.2. The minimum atomic E-state index is 0.163. The van der Waals surface area contributed by atoms with E-state index >= 15 is 0 Å². The number of benzene rings is 1. The third kappa shape index (κ3) is 6.36. The first-order chi connectivity index (χ1) is 15.7. The van der Waals surface area contributed by atoms with E-state index in [0.717, 1.165) is 83.6 Å². The maximum atomic E-state index is 6.03. The van der Waals surface area contributed by atoms with E-state index in [4.69, 9.17) is 19.2 Å². The lowest BCUT2D eigenvalue weighted by molar-refractivity contribution is -0.0817. The number of methoxy groups -OCH3 is 1. The number of hydrogen-bond donors (Lipinski definition) is 1. The minimum absolute atomic E-state index is 0.163. The van der Waals surface area contributed by atoms with Gasteiger partial charge in [0, 0.05) is 39.3 Å². The van der Waals surface area contributed by atoms with Crippen LogP contribution in [0.2, 0.25) is 0 Å². The molecule has 1 N–H and O–H groups in total. The number of likely N-dealkylation sites (tertiary alicyclic amines) is 1. The number of nitrogens with zero attached hydrogens (tertiary/aromatic N) is 3. The summed E-state index contributed by atoms with van der Waals surface area (Å²) in [7, 11) is 1.71. The van der Waals surface area contributed by atoms with Crippen molar-refractivity contribution in [3.05, 3.63) is 29.8 Å². The van der Waals surface area contributed by atoms with Gasteiger partial charge in [0.05, 0.1) is 19.8 Å². The smallest absolute Gasteiger partial charge is 0.194 e. The largest absolute Gasteiger partial charge is 0.497 e. The Kier molecular flexibility index (Phi) is 8.65. The fourth-order valence-electron chi connectivity index (χ4n) is 4.95. The van der Waals surface area contributed by atoms with Crippen LogP contribution in [0.25, 0.3) is 0 Å². The molecule has 178 valence electrons. The highest BCUT2D eigenvalue weighted by Gasteiger charge is 2.32. The Hall–Kier alpha value is -1.83. The molecule has 3 aliphatic heterocycles. The van der Waals surface area contributed by atoms with Gasteiger partial charge in [-0.3, -0.25) is 9.89 Å². The Morgan fingerprint density at radius 2 is 1.84 bits per heavy atom. The summed E-state index contributed by atoms with van der Waals surface area (Å²) in [5, 5.41) is 3.51. The Labute approximate surface area is 193 Å². The Morgan fingerprint density at radius 3 is 2.53 bits per heavy atom. The summed E-state index contributed by atoms with van der Waals surface area (Å²) in [6.45, 7) is 10.6. The number of ether oxygens (including phenoxy) is 3. The van der Waals surface area contributed by atoms with E-state index in [9.17, 15) is 0 Å². The molecule has 1 aromatic carbocycles. The van der Waals surface area contributed by atoms with Gasteiger partial charge in [-0.05, 0) is 69.3 Å². The van der Waals surface area contributed by atoms with Crippen LogP contribution >= 0.6 is 0 Å². The molecule has 3 aliphatic rings. The maximum Gasteiger partial charge on any atom is 0.194 e. The number of rotatable bonds is 7. The Bertz CT molecular complexity index is 712. The summed E-state index contributed by atoms with van der Waals surface area (Å²) in [6.07, 6.45) is 5.09. The highest BCUT2D eigenvalue weighted by Crippen LogP contribution is 2.22. The number of nitrogens with one attached hydrogen (secondary N) is 1. The van der Waals surface area contributed by atoms with Gasteiger partial charge in [0.2, 0.25) is 0 Å². The van der Waals surface area contributed by atoms with Gasteiger partial charge < -0.3 is 24.4 Å². The lowest BCUT2D eigenvalue weighted by Crippen LogP contribution is -2.53. The van der Waals surface area contributed by atoms with Gasteiger partial charge in [-0.1, -0.05) is 12.1 Å². The number of hydrogen-bond acceptors (Lipinski definition) is 5. The first-order valence-corrected chi connectivity index (χ1v) is 12.4. The SMILES string of the molecule is CCNC(=NCC1CCN(Cc2ccc(OC)cc2)CC1)N1CCOC(C2CCCO2)C1. The van der Waals surface area contributed by atoms with Crippen LogP contribution in [0.1, 0.15) is 38.2 Å². The van der Waals surface area contributed by atoms with Crippen molar-refractivity contribution in [2.75, 3.05) is 59.6 Å². The van der Waals surface area contributed by atoms with Crippen molar-refractivity contribution in [2.24, 2.45) is 10.9 Å². The molecular formula is C25H40N4O3. The molecule has 0 amide bonds. The van der Waals surface area contributed by atoms with E-state index < -0.39 is 0 Å². The molecule has 0 radical (unpaired) electrons. The van der Waals surface area contributed by atoms with Gasteiger partial charge in [0.25, 0.3) is 0 Å². The van der Waals surface area contributed by atoms with E-state index in [1.807, 2.05) is 12.1 Å². The average molecular weight is 445 g/mol. The molecule has 0 spiro atoms. The van der Waals surface area contributed by atoms with Gasteiger partial charge in [-0.25, -0.2) is 0 Å². The second-order valence-electron chi connectivity index (χ2n) is 9.17. The molecule has 0 saturated carbocycles. The lowest BCUT2D eigenvalue weighted by Gasteiger charge is -2.37. The third-order valence-corrected chi connectivity index (χ3v) is 6.88. The molecule has 2 unspecified atom stereocenters. The summed E-state index contributed by atoms with van der Waals surface area (Å²) in [5.41, 5.74) is 1.35. The Balaban J connectivity index is 1.25. The predicted octanol–water partition coefficient (Wildman–Crippen LogP) is 2.75. The van der Waals surface area contributed by atoms with E-state index in [0.29, 0.717) is 5.92 Å². The first kappa shape index (κ1) is 23.3. The molecule has 2 atom stereocenters. The monoisotopic (exact) mass is 444 g/mol. The molecule has 0 aromatic heterocycles. The van der Waals surface area contributed by atoms with Crippen LogP contribution < -0.4 is 10.1 Å². The summed E-state index contributed by atoms with van der Waals surface area (Å²) in [4.78, 5) is 9.98. The summed E-state index contributed by atoms with van der Waals surface area (Å²) in [5.74, 6) is 2.62. The van der Waals surface area contributed by atoms with Crippen LogP contribution in [0, 0.1) is 5.92 Å². The number of morpholine rings is 1. The van der Waals surface area contributed by atoms with Crippen molar-refractivity contribution < 1.29 is 14.2 Å². The zero-order valence-electron chi connectivity index (χ0n) is 19.8. The molecule has 32 heavy (non-hydrogen) atoms. The van der Waals surface area contributed by atoms with Gasteiger partial charge >= 0.3 is 0 Å². The predicted molar refractivity (Wildman–Crippen MR) is 127 cm³/mol. The molecule has 3 saturated heterocycles. The Morgan fingerprint density at radius 1 is 1.06 bits per heavy atom. The second kappa shape index (κ2) is 11.9. The van der Waals surface area contributed by atoms with E-state index in [-0.39, 0.29) is 12.2 Å². The molecule has 3 heterocycles. The van der Waals surface area contributed by atoms with Crippen LogP contribution in [-0.4, -0.2) is 87.6 Å². The summed E-state index contributed by atoms with van der Waals surface area (Å²) in [6, 6.07) is 8.44. The first-order valence-electron chi connectivity index (χ1n) is 12.4. The van der Waals surface area contributed by atoms with Crippen molar-refractivity contribution in [3.8, 4) is 5.75 Å². The number of aliphatic imine (C=N–C) groups is 1. The summed E-state index contributed by atoms with van der Waals surface area (Å²) >= 11 is 0. The van der Waals surface area contributed by atoms with Crippen molar-refractivity contribution in [2.45, 2.75) is 51.4 Å². The zero-order valence-corrected chi connectivity index (χ0v) is 19.8. The number of guanidine groups is 1. The minimum Gasteiger partial charge on any atom is -0.497 e. The van der Waals surface area contributed by atoms with Crippen molar-refractivity contribution >= 4 is 5.96 Å². The number of piperidine rings is 1.